The molecule has 6 rings (SSSR count). The minimum absolute atomic E-state index is 0.0210. The number of ether oxygens (including phenoxy) is 4. The number of carbonyl (C=O) groups excluding carboxylic acids is 1. The Morgan fingerprint density at radius 2 is 1.73 bits per heavy atom. The molecule has 6 atom stereocenters. The molecule has 1 heterocycles. The first-order valence-corrected chi connectivity index (χ1v) is 20.6. The Kier molecular flexibility index (Phi) is 14.5. The molecule has 2 N–H and O–H groups in total. The van der Waals surface area contributed by atoms with E-state index in [1.54, 1.807) is 32.2 Å². The number of nitrogens with zero attached hydrogens (tertiary/aromatic N) is 3. The number of carbonyl (C=O) groups is 1. The number of rotatable bonds is 19. The third kappa shape index (κ3) is 9.48. The van der Waals surface area contributed by atoms with E-state index in [4.69, 9.17) is 28.9 Å². The molecule has 0 spiro atoms. The molecule has 0 aromatic heterocycles. The van der Waals surface area contributed by atoms with Crippen molar-refractivity contribution in [2.45, 2.75) is 90.1 Å². The van der Waals surface area contributed by atoms with Crippen LogP contribution >= 0.6 is 0 Å². The van der Waals surface area contributed by atoms with Crippen LogP contribution in [0.15, 0.2) is 90.1 Å². The van der Waals surface area contributed by atoms with Gasteiger partial charge < -0.3 is 38.9 Å². The molecule has 13 nitrogen and oxygen atoms in total. The molecule has 1 fully saturated rings. The second kappa shape index (κ2) is 19.7. The molecule has 0 bridgehead atoms. The van der Waals surface area contributed by atoms with Crippen molar-refractivity contribution < 1.29 is 43.7 Å². The summed E-state index contributed by atoms with van der Waals surface area (Å²) in [5.41, 5.74) is 5.41. The SMILES string of the molecule is C=CCO[C@@]12Oc3ccc(Oc4ccc(C)c(C)c4)cc3[C@H]3[C@H](CCCCO)[C@@H](CCCCO)C=C(C(=NOCc4ccc([N+](=O)[O-])cc4)C[C@@H]1N(C)C(=O)OCC)[C@H]32. The van der Waals surface area contributed by atoms with Crippen LogP contribution in [0.4, 0.5) is 10.5 Å². The number of nitro benzene ring substituents is 1. The van der Waals surface area contributed by atoms with Gasteiger partial charge in [0.2, 0.25) is 5.79 Å². The molecule has 1 saturated carbocycles. The van der Waals surface area contributed by atoms with Gasteiger partial charge in [-0.25, -0.2) is 4.79 Å². The highest BCUT2D eigenvalue weighted by Gasteiger charge is 2.65. The maximum atomic E-state index is 13.7. The number of allylic oxidation sites excluding steroid dienone is 1. The zero-order valence-electron chi connectivity index (χ0n) is 34.5. The van der Waals surface area contributed by atoms with Crippen LogP contribution in [0.2, 0.25) is 0 Å². The molecular formula is C46H57N3O10. The number of aliphatic hydroxyl groups is 2. The number of fused-ring (bicyclic) bond motifs is 2. The monoisotopic (exact) mass is 811 g/mol. The average Bonchev–Trinajstić information content (AvgIpc) is 3.23. The van der Waals surface area contributed by atoms with Gasteiger partial charge >= 0.3 is 6.09 Å². The van der Waals surface area contributed by atoms with Gasteiger partial charge in [-0.15, -0.1) is 6.58 Å². The number of non-ortho nitro benzene ring substituents is 1. The molecule has 0 saturated heterocycles. The number of aryl methyl sites for hydroxylation is 2. The number of hydrogen-bond donors (Lipinski definition) is 2. The molecule has 59 heavy (non-hydrogen) atoms. The van der Waals surface area contributed by atoms with E-state index in [1.165, 1.54) is 22.6 Å². The Bertz CT molecular complexity index is 2020. The summed E-state index contributed by atoms with van der Waals surface area (Å²) in [6, 6.07) is 17.3. The zero-order chi connectivity index (χ0) is 42.1. The molecule has 1 amide bonds. The number of likely N-dealkylation sites (N-methyl/N-ethyl adjacent to an activating group) is 1. The predicted molar refractivity (Wildman–Crippen MR) is 224 cm³/mol. The van der Waals surface area contributed by atoms with Crippen molar-refractivity contribution in [1.29, 1.82) is 0 Å². The van der Waals surface area contributed by atoms with Gasteiger partial charge in [0.05, 0.1) is 29.8 Å². The number of amides is 1. The summed E-state index contributed by atoms with van der Waals surface area (Å²) >= 11 is 0. The lowest BCUT2D eigenvalue weighted by Crippen LogP contribution is -2.69. The van der Waals surface area contributed by atoms with Gasteiger partial charge in [-0.2, -0.15) is 0 Å². The Morgan fingerprint density at radius 3 is 2.41 bits per heavy atom. The summed E-state index contributed by atoms with van der Waals surface area (Å²) in [5, 5.41) is 35.8. The second-order valence-corrected chi connectivity index (χ2v) is 15.6. The van der Waals surface area contributed by atoms with E-state index in [1.807, 2.05) is 30.3 Å². The molecule has 316 valence electrons. The normalized spacial score (nSPS) is 23.6. The van der Waals surface area contributed by atoms with Crippen LogP contribution in [-0.4, -0.2) is 77.1 Å². The second-order valence-electron chi connectivity index (χ2n) is 15.6. The standard InChI is InChI=1S/C46H57N3O10/c1-6-24-56-46-42(48(5)45(52)55-7-2)28-40(47-57-29-32-15-17-34(18-16-32)49(53)54)38-26-33(12-8-10-22-50)37(13-9-11-23-51)43(44(38)46)39-27-36(20-21-41(39)59-46)58-35-19-14-30(3)31(4)25-35/h6,14-21,25-27,33,37,42-44,50-51H,1,7-13,22-24,28-29H2,2-5H3/t33-,37+,42-,43+,44+,46+/m0/s1. The fourth-order valence-electron chi connectivity index (χ4n) is 8.96. The maximum absolute atomic E-state index is 13.7. The molecule has 3 aliphatic rings. The minimum Gasteiger partial charge on any atom is -0.459 e. The molecule has 2 aliphatic carbocycles. The van der Waals surface area contributed by atoms with Crippen molar-refractivity contribution in [1.82, 2.24) is 4.90 Å². The van der Waals surface area contributed by atoms with E-state index < -0.39 is 28.8 Å². The number of hydrogen-bond acceptors (Lipinski definition) is 11. The van der Waals surface area contributed by atoms with Crippen molar-refractivity contribution in [3.8, 4) is 17.2 Å². The first-order chi connectivity index (χ1) is 28.5. The Balaban J connectivity index is 1.53. The van der Waals surface area contributed by atoms with Crippen LogP contribution in [0.1, 0.15) is 80.0 Å². The van der Waals surface area contributed by atoms with Crippen molar-refractivity contribution >= 4 is 17.5 Å². The number of oxime groups is 1. The summed E-state index contributed by atoms with van der Waals surface area (Å²) in [7, 11) is 1.68. The van der Waals surface area contributed by atoms with Crippen molar-refractivity contribution in [2.24, 2.45) is 22.9 Å². The fraction of sp³-hybridized carbons (Fsp3) is 0.478. The molecule has 13 heteroatoms. The maximum Gasteiger partial charge on any atom is 0.409 e. The Morgan fingerprint density at radius 1 is 1.02 bits per heavy atom. The van der Waals surface area contributed by atoms with Gasteiger partial charge in [-0.1, -0.05) is 36.2 Å². The van der Waals surface area contributed by atoms with Crippen LogP contribution in [0, 0.1) is 41.7 Å². The van der Waals surface area contributed by atoms with Gasteiger partial charge in [-0.05, 0) is 123 Å². The molecule has 0 unspecified atom stereocenters. The quantitative estimate of drug-likeness (QED) is 0.0517. The lowest BCUT2D eigenvalue weighted by atomic mass is 9.55. The van der Waals surface area contributed by atoms with E-state index in [-0.39, 0.29) is 62.9 Å². The number of aliphatic hydroxyl groups excluding tert-OH is 2. The lowest BCUT2D eigenvalue weighted by Gasteiger charge is -2.59. The largest absolute Gasteiger partial charge is 0.459 e. The highest BCUT2D eigenvalue weighted by molar-refractivity contribution is 6.03. The van der Waals surface area contributed by atoms with E-state index in [0.29, 0.717) is 41.4 Å². The first-order valence-electron chi connectivity index (χ1n) is 20.6. The molecular weight excluding hydrogens is 755 g/mol. The highest BCUT2D eigenvalue weighted by atomic mass is 16.7. The summed E-state index contributed by atoms with van der Waals surface area (Å²) in [4.78, 5) is 32.1. The number of nitro groups is 1. The van der Waals surface area contributed by atoms with Crippen molar-refractivity contribution in [3.05, 3.63) is 117 Å². The molecule has 3 aromatic rings. The average molecular weight is 812 g/mol. The van der Waals surface area contributed by atoms with Gasteiger partial charge in [0, 0.05) is 50.3 Å². The lowest BCUT2D eigenvalue weighted by molar-refractivity contribution is -0.384. The predicted octanol–water partition coefficient (Wildman–Crippen LogP) is 8.93. The smallest absolute Gasteiger partial charge is 0.409 e. The van der Waals surface area contributed by atoms with E-state index >= 15 is 0 Å². The molecule has 1 aliphatic heterocycles. The van der Waals surface area contributed by atoms with Gasteiger partial charge in [-0.3, -0.25) is 10.1 Å². The van der Waals surface area contributed by atoms with Crippen molar-refractivity contribution in [2.75, 3.05) is 33.5 Å². The summed E-state index contributed by atoms with van der Waals surface area (Å²) in [6.07, 6.45) is 8.06. The summed E-state index contributed by atoms with van der Waals surface area (Å²) < 4.78 is 26.2. The van der Waals surface area contributed by atoms with Crippen molar-refractivity contribution in [3.63, 3.8) is 0 Å². The third-order valence-electron chi connectivity index (χ3n) is 11.9. The van der Waals surface area contributed by atoms with Gasteiger partial charge in [0.15, 0.2) is 0 Å². The van der Waals surface area contributed by atoms with E-state index in [2.05, 4.69) is 32.6 Å². The first kappa shape index (κ1) is 43.3. The van der Waals surface area contributed by atoms with Crippen LogP contribution in [-0.2, 0) is 20.9 Å². The Hall–Kier alpha value is -5.24. The zero-order valence-corrected chi connectivity index (χ0v) is 34.5. The van der Waals surface area contributed by atoms with Crippen LogP contribution in [0.25, 0.3) is 0 Å². The van der Waals surface area contributed by atoms with Crippen LogP contribution < -0.4 is 9.47 Å². The number of benzene rings is 3. The summed E-state index contributed by atoms with van der Waals surface area (Å²) in [5.74, 6) is -0.0981. The van der Waals surface area contributed by atoms with E-state index in [0.717, 1.165) is 42.4 Å². The van der Waals surface area contributed by atoms with E-state index in [9.17, 15) is 25.1 Å². The number of unbranched alkanes of at least 4 members (excludes halogenated alkanes) is 2. The van der Waals surface area contributed by atoms with Crippen LogP contribution in [0.5, 0.6) is 17.2 Å². The molecule has 0 radical (unpaired) electrons. The molecule has 3 aromatic carbocycles. The van der Waals surface area contributed by atoms with Crippen LogP contribution in [0.3, 0.4) is 0 Å². The topological polar surface area (TPSA) is 162 Å². The minimum atomic E-state index is -1.42. The third-order valence-corrected chi connectivity index (χ3v) is 11.9. The van der Waals surface area contributed by atoms with Gasteiger partial charge in [0.1, 0.15) is 29.9 Å². The fourth-order valence-corrected chi connectivity index (χ4v) is 8.96. The van der Waals surface area contributed by atoms with Gasteiger partial charge in [0.25, 0.3) is 5.69 Å². The summed E-state index contributed by atoms with van der Waals surface area (Å²) in [6.45, 7) is 10.4. The highest BCUT2D eigenvalue weighted by Crippen LogP contribution is 2.62. The Labute approximate surface area is 346 Å².